The van der Waals surface area contributed by atoms with Crippen molar-refractivity contribution in [2.45, 2.75) is 25.2 Å². The molecule has 7 heteroatoms. The molecule has 1 aliphatic rings. The Labute approximate surface area is 109 Å². The molecule has 0 saturated carbocycles. The molecule has 1 N–H and O–H groups in total. The van der Waals surface area contributed by atoms with Gasteiger partial charge in [0, 0.05) is 31.4 Å². The maximum absolute atomic E-state index is 10.9. The molecule has 2 aromatic rings. The number of hydrogen-bond acceptors (Lipinski definition) is 6. The Hall–Kier alpha value is -2.02. The summed E-state index contributed by atoms with van der Waals surface area (Å²) in [6.45, 7) is 1.43. The lowest BCUT2D eigenvalue weighted by atomic mass is 10.1. The number of H-pyrrole nitrogens is 1. The van der Waals surface area contributed by atoms with Crippen LogP contribution in [0.3, 0.4) is 0 Å². The van der Waals surface area contributed by atoms with Crippen LogP contribution in [0.15, 0.2) is 21.5 Å². The van der Waals surface area contributed by atoms with Crippen molar-refractivity contribution >= 4 is 0 Å². The molecule has 0 amide bonds. The van der Waals surface area contributed by atoms with Gasteiger partial charge in [0.15, 0.2) is 5.82 Å². The molecule has 1 saturated heterocycles. The van der Waals surface area contributed by atoms with E-state index >= 15 is 0 Å². The number of nitrogens with one attached hydrogen (secondary N) is 1. The van der Waals surface area contributed by atoms with E-state index in [9.17, 15) is 4.79 Å². The van der Waals surface area contributed by atoms with Crippen molar-refractivity contribution < 1.29 is 9.26 Å². The van der Waals surface area contributed by atoms with Gasteiger partial charge in [-0.1, -0.05) is 5.16 Å². The fraction of sp³-hybridized carbons (Fsp3) is 0.500. The molecule has 3 heterocycles. The van der Waals surface area contributed by atoms with Crippen LogP contribution in [-0.2, 0) is 17.6 Å². The second-order valence-electron chi connectivity index (χ2n) is 4.52. The van der Waals surface area contributed by atoms with Gasteiger partial charge in [0.05, 0.1) is 12.3 Å². The molecular formula is C12H14N4O3. The molecule has 19 heavy (non-hydrogen) atoms. The number of ether oxygens (including phenoxy) is 1. The molecule has 0 aliphatic carbocycles. The maximum atomic E-state index is 10.9. The summed E-state index contributed by atoms with van der Waals surface area (Å²) in [6, 6.07) is 3.15. The van der Waals surface area contributed by atoms with Gasteiger partial charge < -0.3 is 9.26 Å². The first-order chi connectivity index (χ1) is 9.31. The Kier molecular flexibility index (Phi) is 3.37. The van der Waals surface area contributed by atoms with E-state index in [1.54, 1.807) is 6.07 Å². The molecule has 0 spiro atoms. The second kappa shape index (κ2) is 5.31. The van der Waals surface area contributed by atoms with Gasteiger partial charge in [-0.15, -0.1) is 0 Å². The molecule has 0 aromatic carbocycles. The van der Waals surface area contributed by atoms with Crippen molar-refractivity contribution in [3.05, 3.63) is 39.9 Å². The van der Waals surface area contributed by atoms with Crippen molar-refractivity contribution in [1.29, 1.82) is 0 Å². The molecule has 1 atom stereocenters. The van der Waals surface area contributed by atoms with Crippen LogP contribution in [0.4, 0.5) is 0 Å². The molecule has 7 nitrogen and oxygen atoms in total. The summed E-state index contributed by atoms with van der Waals surface area (Å²) in [5.41, 5.74) is 0.591. The van der Waals surface area contributed by atoms with Crippen LogP contribution in [0.1, 0.15) is 29.7 Å². The van der Waals surface area contributed by atoms with Crippen LogP contribution in [0, 0.1) is 0 Å². The number of aryl methyl sites for hydroxylation is 2. The van der Waals surface area contributed by atoms with E-state index in [1.165, 1.54) is 6.07 Å². The molecule has 2 aromatic heterocycles. The van der Waals surface area contributed by atoms with Gasteiger partial charge >= 0.3 is 0 Å². The molecule has 100 valence electrons. The van der Waals surface area contributed by atoms with Crippen LogP contribution < -0.4 is 5.56 Å². The second-order valence-corrected chi connectivity index (χ2v) is 4.52. The van der Waals surface area contributed by atoms with E-state index < -0.39 is 0 Å². The fourth-order valence-electron chi connectivity index (χ4n) is 2.02. The molecule has 3 rings (SSSR count). The predicted octanol–water partition coefficient (Wildman–Crippen LogP) is 0.442. The molecule has 1 fully saturated rings. The number of aromatic amines is 1. The van der Waals surface area contributed by atoms with Crippen LogP contribution in [0.2, 0.25) is 0 Å². The van der Waals surface area contributed by atoms with E-state index in [2.05, 4.69) is 20.3 Å². The summed E-state index contributed by atoms with van der Waals surface area (Å²) in [5.74, 6) is 1.57. The van der Waals surface area contributed by atoms with Gasteiger partial charge in [0.25, 0.3) is 5.56 Å². The van der Waals surface area contributed by atoms with E-state index in [0.717, 1.165) is 24.5 Å². The van der Waals surface area contributed by atoms with Gasteiger partial charge in [0.2, 0.25) is 5.89 Å². The SMILES string of the molecule is O=c1ccc(CCc2nc(C3CCOC3)no2)n[nH]1. The van der Waals surface area contributed by atoms with Crippen LogP contribution in [0.5, 0.6) is 0 Å². The summed E-state index contributed by atoms with van der Waals surface area (Å²) < 4.78 is 10.5. The van der Waals surface area contributed by atoms with E-state index in [-0.39, 0.29) is 11.5 Å². The smallest absolute Gasteiger partial charge is 0.264 e. The van der Waals surface area contributed by atoms with Crippen molar-refractivity contribution in [1.82, 2.24) is 20.3 Å². The number of rotatable bonds is 4. The lowest BCUT2D eigenvalue weighted by Crippen LogP contribution is -2.08. The highest BCUT2D eigenvalue weighted by Crippen LogP contribution is 2.22. The van der Waals surface area contributed by atoms with Gasteiger partial charge in [-0.25, -0.2) is 5.10 Å². The summed E-state index contributed by atoms with van der Waals surface area (Å²) in [7, 11) is 0. The minimum Gasteiger partial charge on any atom is -0.381 e. The highest BCUT2D eigenvalue weighted by Gasteiger charge is 2.22. The zero-order valence-electron chi connectivity index (χ0n) is 10.3. The number of nitrogens with zero attached hydrogens (tertiary/aromatic N) is 3. The summed E-state index contributed by atoms with van der Waals surface area (Å²) >= 11 is 0. The Morgan fingerprint density at radius 1 is 1.37 bits per heavy atom. The predicted molar refractivity (Wildman–Crippen MR) is 64.7 cm³/mol. The Morgan fingerprint density at radius 2 is 2.32 bits per heavy atom. The number of aromatic nitrogens is 4. The third kappa shape index (κ3) is 2.87. The Morgan fingerprint density at radius 3 is 3.05 bits per heavy atom. The van der Waals surface area contributed by atoms with Gasteiger partial charge in [-0.05, 0) is 12.5 Å². The first-order valence-electron chi connectivity index (χ1n) is 6.26. The fourth-order valence-corrected chi connectivity index (χ4v) is 2.02. The average molecular weight is 262 g/mol. The molecule has 1 unspecified atom stereocenters. The van der Waals surface area contributed by atoms with Crippen LogP contribution in [0.25, 0.3) is 0 Å². The van der Waals surface area contributed by atoms with Crippen molar-refractivity contribution in [3.63, 3.8) is 0 Å². The van der Waals surface area contributed by atoms with Gasteiger partial charge in [-0.3, -0.25) is 4.79 Å². The van der Waals surface area contributed by atoms with Crippen LogP contribution in [-0.4, -0.2) is 33.6 Å². The molecule has 0 radical (unpaired) electrons. The summed E-state index contributed by atoms with van der Waals surface area (Å²) in [6.07, 6.45) is 2.21. The minimum absolute atomic E-state index is 0.204. The lowest BCUT2D eigenvalue weighted by Gasteiger charge is -1.97. The normalized spacial score (nSPS) is 18.8. The Bertz CT molecular complexity index is 581. The average Bonchev–Trinajstić information content (AvgIpc) is 3.09. The maximum Gasteiger partial charge on any atom is 0.264 e. The van der Waals surface area contributed by atoms with Gasteiger partial charge in [0.1, 0.15) is 0 Å². The highest BCUT2D eigenvalue weighted by molar-refractivity contribution is 5.02. The van der Waals surface area contributed by atoms with Crippen LogP contribution >= 0.6 is 0 Å². The van der Waals surface area contributed by atoms with E-state index in [4.69, 9.17) is 9.26 Å². The number of hydrogen-bond donors (Lipinski definition) is 1. The summed E-state index contributed by atoms with van der Waals surface area (Å²) in [4.78, 5) is 15.2. The molecule has 1 aliphatic heterocycles. The quantitative estimate of drug-likeness (QED) is 0.859. The third-order valence-electron chi connectivity index (χ3n) is 3.11. The highest BCUT2D eigenvalue weighted by atomic mass is 16.5. The lowest BCUT2D eigenvalue weighted by molar-refractivity contribution is 0.192. The zero-order valence-corrected chi connectivity index (χ0v) is 10.3. The largest absolute Gasteiger partial charge is 0.381 e. The van der Waals surface area contributed by atoms with Crippen molar-refractivity contribution in [2.75, 3.05) is 13.2 Å². The standard InChI is InChI=1S/C12H14N4O3/c17-10-3-1-9(14-15-10)2-4-11-13-12(16-19-11)8-5-6-18-7-8/h1,3,8H,2,4-7H2,(H,15,17). The van der Waals surface area contributed by atoms with Crippen molar-refractivity contribution in [3.8, 4) is 0 Å². The van der Waals surface area contributed by atoms with E-state index in [1.807, 2.05) is 0 Å². The minimum atomic E-state index is -0.204. The molecule has 0 bridgehead atoms. The van der Waals surface area contributed by atoms with Gasteiger partial charge in [-0.2, -0.15) is 10.1 Å². The zero-order chi connectivity index (χ0) is 13.1. The third-order valence-corrected chi connectivity index (χ3v) is 3.11. The summed E-state index contributed by atoms with van der Waals surface area (Å²) in [5, 5.41) is 10.3. The molecular weight excluding hydrogens is 248 g/mol. The monoisotopic (exact) mass is 262 g/mol. The first-order valence-corrected chi connectivity index (χ1v) is 6.26. The topological polar surface area (TPSA) is 93.9 Å². The Balaban J connectivity index is 1.60. The van der Waals surface area contributed by atoms with E-state index in [0.29, 0.717) is 25.3 Å². The van der Waals surface area contributed by atoms with Crippen molar-refractivity contribution in [2.24, 2.45) is 0 Å². The first kappa shape index (κ1) is 12.0.